The maximum Gasteiger partial charge on any atom is 0.246 e. The number of amides is 2. The molecule has 6 nitrogen and oxygen atoms in total. The van der Waals surface area contributed by atoms with Crippen LogP contribution in [-0.2, 0) is 16.2 Å². The lowest BCUT2D eigenvalue weighted by Crippen LogP contribution is -2.50. The van der Waals surface area contributed by atoms with Crippen LogP contribution in [0.2, 0.25) is 0 Å². The van der Waals surface area contributed by atoms with Gasteiger partial charge < -0.3 is 21.1 Å². The zero-order valence-electron chi connectivity index (χ0n) is 14.3. The third-order valence-corrected chi connectivity index (χ3v) is 4.12. The van der Waals surface area contributed by atoms with Crippen molar-refractivity contribution in [3.63, 3.8) is 0 Å². The molecular weight excluding hydrogens is 306 g/mol. The number of rotatable bonds is 7. The van der Waals surface area contributed by atoms with Crippen LogP contribution in [0.25, 0.3) is 0 Å². The molecule has 1 unspecified atom stereocenters. The van der Waals surface area contributed by atoms with E-state index in [0.29, 0.717) is 12.1 Å². The van der Waals surface area contributed by atoms with E-state index >= 15 is 0 Å². The van der Waals surface area contributed by atoms with Gasteiger partial charge in [-0.3, -0.25) is 9.59 Å². The van der Waals surface area contributed by atoms with Crippen LogP contribution in [0, 0.1) is 5.92 Å². The Kier molecular flexibility index (Phi) is 6.75. The molecule has 0 bridgehead atoms. The number of carbonyl (C=O) groups is 2. The molecule has 4 N–H and O–H groups in total. The first kappa shape index (κ1) is 18.4. The lowest BCUT2D eigenvalue weighted by Gasteiger charge is -2.22. The Balaban J connectivity index is 1.99. The van der Waals surface area contributed by atoms with Crippen molar-refractivity contribution in [3.8, 4) is 0 Å². The highest BCUT2D eigenvalue weighted by molar-refractivity contribution is 5.97. The summed E-state index contributed by atoms with van der Waals surface area (Å²) in [5.74, 6) is -0.0370. The van der Waals surface area contributed by atoms with Gasteiger partial charge in [0.05, 0.1) is 12.6 Å². The van der Waals surface area contributed by atoms with Crippen molar-refractivity contribution in [2.24, 2.45) is 5.92 Å². The van der Waals surface area contributed by atoms with Crippen LogP contribution in [0.1, 0.15) is 38.7 Å². The van der Waals surface area contributed by atoms with Crippen molar-refractivity contribution in [1.29, 1.82) is 0 Å². The Morgan fingerprint density at radius 1 is 1.29 bits per heavy atom. The SMILES string of the molecule is CC(C)CC(NC(=O)[C@@H]1CCCN1)C(=O)Nc1ccc(CO)cc1. The molecule has 1 aromatic carbocycles. The standard InChI is InChI=1S/C18H27N3O3/c1-12(2)10-16(21-17(23)15-4-3-9-19-15)18(24)20-14-7-5-13(11-22)6-8-14/h5-8,12,15-16,19,22H,3-4,9-11H2,1-2H3,(H,20,24)(H,21,23)/t15-,16?/m0/s1. The summed E-state index contributed by atoms with van der Waals surface area (Å²) >= 11 is 0. The predicted molar refractivity (Wildman–Crippen MR) is 93.4 cm³/mol. The highest BCUT2D eigenvalue weighted by Crippen LogP contribution is 2.13. The molecule has 1 fully saturated rings. The number of aliphatic hydroxyl groups excluding tert-OH is 1. The second-order valence-electron chi connectivity index (χ2n) is 6.68. The van der Waals surface area contributed by atoms with Crippen molar-refractivity contribution in [3.05, 3.63) is 29.8 Å². The molecule has 1 aliphatic rings. The van der Waals surface area contributed by atoms with Gasteiger partial charge in [-0.25, -0.2) is 0 Å². The summed E-state index contributed by atoms with van der Waals surface area (Å²) in [5, 5.41) is 17.9. The molecule has 1 heterocycles. The largest absolute Gasteiger partial charge is 0.392 e. The predicted octanol–water partition coefficient (Wildman–Crippen LogP) is 1.40. The van der Waals surface area contributed by atoms with E-state index < -0.39 is 6.04 Å². The molecule has 1 saturated heterocycles. The fourth-order valence-corrected chi connectivity index (χ4v) is 2.81. The molecule has 0 spiro atoms. The van der Waals surface area contributed by atoms with Crippen LogP contribution in [-0.4, -0.2) is 35.5 Å². The molecular formula is C18H27N3O3. The van der Waals surface area contributed by atoms with Gasteiger partial charge in [0.25, 0.3) is 0 Å². The van der Waals surface area contributed by atoms with E-state index in [1.165, 1.54) is 0 Å². The average molecular weight is 333 g/mol. The lowest BCUT2D eigenvalue weighted by molar-refractivity contribution is -0.128. The fraction of sp³-hybridized carbons (Fsp3) is 0.556. The molecule has 0 aliphatic carbocycles. The van der Waals surface area contributed by atoms with Crippen LogP contribution < -0.4 is 16.0 Å². The van der Waals surface area contributed by atoms with Crippen molar-refractivity contribution >= 4 is 17.5 Å². The quantitative estimate of drug-likeness (QED) is 0.607. The number of carbonyl (C=O) groups excluding carboxylic acids is 2. The zero-order chi connectivity index (χ0) is 17.5. The van der Waals surface area contributed by atoms with Gasteiger partial charge in [-0.1, -0.05) is 26.0 Å². The Morgan fingerprint density at radius 2 is 2.00 bits per heavy atom. The van der Waals surface area contributed by atoms with Crippen molar-refractivity contribution in [2.75, 3.05) is 11.9 Å². The van der Waals surface area contributed by atoms with Crippen LogP contribution in [0.3, 0.4) is 0 Å². The van der Waals surface area contributed by atoms with E-state index in [4.69, 9.17) is 5.11 Å². The highest BCUT2D eigenvalue weighted by Gasteiger charge is 2.27. The monoisotopic (exact) mass is 333 g/mol. The first-order valence-corrected chi connectivity index (χ1v) is 8.54. The molecule has 1 aromatic rings. The van der Waals surface area contributed by atoms with Crippen molar-refractivity contribution < 1.29 is 14.7 Å². The normalized spacial score (nSPS) is 18.4. The number of nitrogens with one attached hydrogen (secondary N) is 3. The van der Waals surface area contributed by atoms with Crippen molar-refractivity contribution in [2.45, 2.75) is 51.8 Å². The average Bonchev–Trinajstić information content (AvgIpc) is 3.09. The molecule has 24 heavy (non-hydrogen) atoms. The molecule has 2 amide bonds. The molecule has 0 aromatic heterocycles. The van der Waals surface area contributed by atoms with E-state index in [0.717, 1.165) is 24.9 Å². The van der Waals surface area contributed by atoms with Gasteiger partial charge in [-0.05, 0) is 49.4 Å². The first-order valence-electron chi connectivity index (χ1n) is 8.54. The van der Waals surface area contributed by atoms with Gasteiger partial charge in [0.2, 0.25) is 11.8 Å². The molecule has 132 valence electrons. The van der Waals surface area contributed by atoms with E-state index in [1.807, 2.05) is 13.8 Å². The maximum atomic E-state index is 12.6. The summed E-state index contributed by atoms with van der Waals surface area (Å²) in [7, 11) is 0. The fourth-order valence-electron chi connectivity index (χ4n) is 2.81. The second kappa shape index (κ2) is 8.80. The number of benzene rings is 1. The van der Waals surface area contributed by atoms with Crippen LogP contribution in [0.5, 0.6) is 0 Å². The minimum absolute atomic E-state index is 0.0331. The maximum absolute atomic E-state index is 12.6. The summed E-state index contributed by atoms with van der Waals surface area (Å²) in [6.07, 6.45) is 2.37. The highest BCUT2D eigenvalue weighted by atomic mass is 16.3. The van der Waals surface area contributed by atoms with Crippen LogP contribution >= 0.6 is 0 Å². The Labute approximate surface area is 143 Å². The van der Waals surface area contributed by atoms with E-state index in [-0.39, 0.29) is 30.4 Å². The molecule has 0 radical (unpaired) electrons. The third kappa shape index (κ3) is 5.32. The summed E-state index contributed by atoms with van der Waals surface area (Å²) < 4.78 is 0. The van der Waals surface area contributed by atoms with Gasteiger partial charge in [0.1, 0.15) is 6.04 Å². The summed E-state index contributed by atoms with van der Waals surface area (Å²) in [6, 6.07) is 6.25. The van der Waals surface area contributed by atoms with Gasteiger partial charge in [-0.15, -0.1) is 0 Å². The number of hydrogen-bond acceptors (Lipinski definition) is 4. The number of anilines is 1. The van der Waals surface area contributed by atoms with Crippen LogP contribution in [0.4, 0.5) is 5.69 Å². The first-order chi connectivity index (χ1) is 11.5. The lowest BCUT2D eigenvalue weighted by atomic mass is 10.0. The zero-order valence-corrected chi connectivity index (χ0v) is 14.3. The molecule has 2 rings (SSSR count). The smallest absolute Gasteiger partial charge is 0.246 e. The molecule has 6 heteroatoms. The van der Waals surface area contributed by atoms with Gasteiger partial charge in [0.15, 0.2) is 0 Å². The van der Waals surface area contributed by atoms with E-state index in [9.17, 15) is 9.59 Å². The minimum atomic E-state index is -0.558. The molecule has 2 atom stereocenters. The van der Waals surface area contributed by atoms with E-state index in [2.05, 4.69) is 16.0 Å². The van der Waals surface area contributed by atoms with Crippen LogP contribution in [0.15, 0.2) is 24.3 Å². The molecule has 1 aliphatic heterocycles. The third-order valence-electron chi connectivity index (χ3n) is 4.12. The minimum Gasteiger partial charge on any atom is -0.392 e. The topological polar surface area (TPSA) is 90.5 Å². The number of hydrogen-bond donors (Lipinski definition) is 4. The summed E-state index contributed by atoms with van der Waals surface area (Å²) in [5.41, 5.74) is 1.44. The Morgan fingerprint density at radius 3 is 2.54 bits per heavy atom. The molecule has 0 saturated carbocycles. The van der Waals surface area contributed by atoms with Gasteiger partial charge in [0, 0.05) is 5.69 Å². The Hall–Kier alpha value is -1.92. The summed E-state index contributed by atoms with van der Waals surface area (Å²) in [4.78, 5) is 24.9. The summed E-state index contributed by atoms with van der Waals surface area (Å²) in [6.45, 7) is 4.86. The van der Waals surface area contributed by atoms with Gasteiger partial charge >= 0.3 is 0 Å². The van der Waals surface area contributed by atoms with E-state index in [1.54, 1.807) is 24.3 Å². The Bertz CT molecular complexity index is 551. The second-order valence-corrected chi connectivity index (χ2v) is 6.68. The van der Waals surface area contributed by atoms with Crippen molar-refractivity contribution in [1.82, 2.24) is 10.6 Å². The van der Waals surface area contributed by atoms with Gasteiger partial charge in [-0.2, -0.15) is 0 Å². The number of aliphatic hydroxyl groups is 1.